The van der Waals surface area contributed by atoms with Gasteiger partial charge in [-0.3, -0.25) is 0 Å². The van der Waals surface area contributed by atoms with Crippen molar-refractivity contribution in [1.82, 2.24) is 4.98 Å². The molecular formula is C8H9NO4S. The first-order valence-electron chi connectivity index (χ1n) is 4.16. The Bertz CT molecular complexity index is 332. The summed E-state index contributed by atoms with van der Waals surface area (Å²) in [6, 6.07) is 0. The SMILES string of the molecule is O=C(O)c1cnc(C2COCCO2)s1. The van der Waals surface area contributed by atoms with Crippen molar-refractivity contribution in [1.29, 1.82) is 0 Å². The van der Waals surface area contributed by atoms with Gasteiger partial charge >= 0.3 is 5.97 Å². The number of carboxylic acid groups (broad SMARTS) is 1. The summed E-state index contributed by atoms with van der Waals surface area (Å²) in [6.07, 6.45) is 1.14. The Morgan fingerprint density at radius 2 is 2.50 bits per heavy atom. The maximum Gasteiger partial charge on any atom is 0.347 e. The Balaban J connectivity index is 2.11. The van der Waals surface area contributed by atoms with Crippen molar-refractivity contribution in [2.24, 2.45) is 0 Å². The van der Waals surface area contributed by atoms with Gasteiger partial charge in [0.2, 0.25) is 0 Å². The van der Waals surface area contributed by atoms with E-state index in [0.717, 1.165) is 11.3 Å². The zero-order chi connectivity index (χ0) is 9.97. The average Bonchev–Trinajstić information content (AvgIpc) is 2.68. The number of carboxylic acids is 1. The van der Waals surface area contributed by atoms with Gasteiger partial charge in [-0.15, -0.1) is 11.3 Å². The number of aromatic nitrogens is 1. The topological polar surface area (TPSA) is 68.7 Å². The molecule has 2 rings (SSSR count). The molecule has 1 atom stereocenters. The molecule has 0 radical (unpaired) electrons. The van der Waals surface area contributed by atoms with Crippen molar-refractivity contribution in [2.75, 3.05) is 19.8 Å². The lowest BCUT2D eigenvalue weighted by molar-refractivity contribution is -0.0901. The summed E-state index contributed by atoms with van der Waals surface area (Å²) in [7, 11) is 0. The Kier molecular flexibility index (Phi) is 2.76. The molecular weight excluding hydrogens is 206 g/mol. The van der Waals surface area contributed by atoms with Crippen LogP contribution >= 0.6 is 11.3 Å². The minimum Gasteiger partial charge on any atom is -0.477 e. The Morgan fingerprint density at radius 3 is 3.07 bits per heavy atom. The molecule has 5 nitrogen and oxygen atoms in total. The molecule has 6 heteroatoms. The zero-order valence-electron chi connectivity index (χ0n) is 7.30. The lowest BCUT2D eigenvalue weighted by Crippen LogP contribution is -2.21. The van der Waals surface area contributed by atoms with Crippen LogP contribution in [0.1, 0.15) is 20.8 Å². The van der Waals surface area contributed by atoms with Crippen LogP contribution in [-0.4, -0.2) is 35.9 Å². The van der Waals surface area contributed by atoms with Crippen LogP contribution in [0.4, 0.5) is 0 Å². The Hall–Kier alpha value is -0.980. The summed E-state index contributed by atoms with van der Waals surface area (Å²) in [5.41, 5.74) is 0. The van der Waals surface area contributed by atoms with Gasteiger partial charge in [0.1, 0.15) is 16.0 Å². The highest BCUT2D eigenvalue weighted by Crippen LogP contribution is 2.25. The van der Waals surface area contributed by atoms with E-state index in [2.05, 4.69) is 4.98 Å². The summed E-state index contributed by atoms with van der Waals surface area (Å²) in [6.45, 7) is 1.58. The van der Waals surface area contributed by atoms with E-state index < -0.39 is 5.97 Å². The number of aromatic carboxylic acids is 1. The number of thiazole rings is 1. The van der Waals surface area contributed by atoms with Crippen molar-refractivity contribution >= 4 is 17.3 Å². The van der Waals surface area contributed by atoms with Crippen LogP contribution < -0.4 is 0 Å². The first kappa shape index (κ1) is 9.57. The molecule has 1 unspecified atom stereocenters. The second-order valence-corrected chi connectivity index (χ2v) is 3.86. The van der Waals surface area contributed by atoms with Crippen LogP contribution in [0.3, 0.4) is 0 Å². The average molecular weight is 215 g/mol. The van der Waals surface area contributed by atoms with Gasteiger partial charge < -0.3 is 14.6 Å². The first-order valence-corrected chi connectivity index (χ1v) is 4.97. The number of hydrogen-bond acceptors (Lipinski definition) is 5. The third-order valence-corrected chi connectivity index (χ3v) is 2.90. The van der Waals surface area contributed by atoms with E-state index in [-0.39, 0.29) is 11.0 Å². The molecule has 1 aromatic rings. The van der Waals surface area contributed by atoms with E-state index in [4.69, 9.17) is 14.6 Å². The van der Waals surface area contributed by atoms with Crippen molar-refractivity contribution in [2.45, 2.75) is 6.10 Å². The van der Waals surface area contributed by atoms with Gasteiger partial charge in [0, 0.05) is 0 Å². The Labute approximate surface area is 84.3 Å². The highest BCUT2D eigenvalue weighted by molar-refractivity contribution is 7.13. The van der Waals surface area contributed by atoms with Gasteiger partial charge in [0.25, 0.3) is 0 Å². The number of nitrogens with zero attached hydrogens (tertiary/aromatic N) is 1. The van der Waals surface area contributed by atoms with Crippen molar-refractivity contribution in [3.63, 3.8) is 0 Å². The van der Waals surface area contributed by atoms with Crippen LogP contribution in [0.2, 0.25) is 0 Å². The summed E-state index contributed by atoms with van der Waals surface area (Å²) in [5, 5.41) is 9.36. The quantitative estimate of drug-likeness (QED) is 0.794. The van der Waals surface area contributed by atoms with Gasteiger partial charge in [-0.2, -0.15) is 0 Å². The highest BCUT2D eigenvalue weighted by Gasteiger charge is 2.21. The fraction of sp³-hybridized carbons (Fsp3) is 0.500. The second kappa shape index (κ2) is 4.04. The maximum absolute atomic E-state index is 10.6. The Morgan fingerprint density at radius 1 is 1.64 bits per heavy atom. The van der Waals surface area contributed by atoms with E-state index in [1.165, 1.54) is 6.20 Å². The molecule has 1 fully saturated rings. The third-order valence-electron chi connectivity index (χ3n) is 1.83. The molecule has 0 spiro atoms. The molecule has 1 aliphatic heterocycles. The fourth-order valence-electron chi connectivity index (χ4n) is 1.17. The summed E-state index contributed by atoms with van der Waals surface area (Å²) in [4.78, 5) is 14.8. The molecule has 76 valence electrons. The van der Waals surface area contributed by atoms with E-state index in [1.807, 2.05) is 0 Å². The lowest BCUT2D eigenvalue weighted by atomic mass is 10.4. The molecule has 1 N–H and O–H groups in total. The normalized spacial score (nSPS) is 22.1. The van der Waals surface area contributed by atoms with Gasteiger partial charge in [0.05, 0.1) is 26.0 Å². The van der Waals surface area contributed by atoms with E-state index in [0.29, 0.717) is 24.8 Å². The standard InChI is InChI=1S/C8H9NO4S/c10-8(11)6-3-9-7(14-6)5-4-12-1-2-13-5/h3,5H,1-2,4H2,(H,10,11). The van der Waals surface area contributed by atoms with Gasteiger partial charge in [-0.05, 0) is 0 Å². The van der Waals surface area contributed by atoms with Gasteiger partial charge in [-0.25, -0.2) is 9.78 Å². The lowest BCUT2D eigenvalue weighted by Gasteiger charge is -2.20. The number of ether oxygens (including phenoxy) is 2. The second-order valence-electron chi connectivity index (χ2n) is 2.80. The van der Waals surface area contributed by atoms with Crippen molar-refractivity contribution in [3.8, 4) is 0 Å². The molecule has 0 aromatic carbocycles. The largest absolute Gasteiger partial charge is 0.477 e. The molecule has 1 saturated heterocycles. The smallest absolute Gasteiger partial charge is 0.347 e. The summed E-state index contributed by atoms with van der Waals surface area (Å²) >= 11 is 1.13. The first-order chi connectivity index (χ1) is 6.77. The van der Waals surface area contributed by atoms with Gasteiger partial charge in [0.15, 0.2) is 0 Å². The van der Waals surface area contributed by atoms with Crippen LogP contribution in [0.15, 0.2) is 6.20 Å². The maximum atomic E-state index is 10.6. The summed E-state index contributed by atoms with van der Waals surface area (Å²) < 4.78 is 10.6. The van der Waals surface area contributed by atoms with E-state index in [9.17, 15) is 4.79 Å². The summed E-state index contributed by atoms with van der Waals surface area (Å²) in [5.74, 6) is -0.953. The molecule has 1 aliphatic rings. The number of rotatable bonds is 2. The predicted octanol–water partition coefficient (Wildman–Crippen LogP) is 0.929. The fourth-order valence-corrected chi connectivity index (χ4v) is 1.96. The molecule has 0 saturated carbocycles. The number of hydrogen-bond donors (Lipinski definition) is 1. The zero-order valence-corrected chi connectivity index (χ0v) is 8.12. The third kappa shape index (κ3) is 1.92. The van der Waals surface area contributed by atoms with Gasteiger partial charge in [-0.1, -0.05) is 0 Å². The van der Waals surface area contributed by atoms with E-state index >= 15 is 0 Å². The van der Waals surface area contributed by atoms with Crippen LogP contribution in [0, 0.1) is 0 Å². The molecule has 14 heavy (non-hydrogen) atoms. The van der Waals surface area contributed by atoms with E-state index in [1.54, 1.807) is 0 Å². The minimum absolute atomic E-state index is 0.207. The molecule has 0 aliphatic carbocycles. The highest BCUT2D eigenvalue weighted by atomic mass is 32.1. The molecule has 2 heterocycles. The van der Waals surface area contributed by atoms with Crippen LogP contribution in [0.25, 0.3) is 0 Å². The van der Waals surface area contributed by atoms with Crippen molar-refractivity contribution in [3.05, 3.63) is 16.1 Å². The van der Waals surface area contributed by atoms with Crippen LogP contribution in [0.5, 0.6) is 0 Å². The molecule has 0 amide bonds. The van der Waals surface area contributed by atoms with Crippen molar-refractivity contribution < 1.29 is 19.4 Å². The molecule has 0 bridgehead atoms. The van der Waals surface area contributed by atoms with Crippen LogP contribution in [-0.2, 0) is 9.47 Å². The monoisotopic (exact) mass is 215 g/mol. The minimum atomic E-state index is -0.953. The molecule has 1 aromatic heterocycles. The number of carbonyl (C=O) groups is 1. The predicted molar refractivity (Wildman–Crippen MR) is 48.6 cm³/mol.